The van der Waals surface area contributed by atoms with Crippen molar-refractivity contribution >= 4 is 12.1 Å². The Morgan fingerprint density at radius 3 is 2.39 bits per heavy atom. The molecule has 3 amide bonds. The van der Waals surface area contributed by atoms with Crippen LogP contribution in [-0.4, -0.2) is 91.2 Å². The number of carbonyl (C=O) groups excluding carboxylic acids is 2. The van der Waals surface area contributed by atoms with E-state index in [0.29, 0.717) is 19.2 Å². The molecule has 0 N–H and O–H groups in total. The van der Waals surface area contributed by atoms with E-state index in [1.165, 1.54) is 11.1 Å². The quantitative estimate of drug-likeness (QED) is 0.726. The fraction of sp³-hybridized carbons (Fsp3) is 0.667. The lowest BCUT2D eigenvalue weighted by Gasteiger charge is -2.50. The molecule has 1 aromatic carbocycles. The summed E-state index contributed by atoms with van der Waals surface area (Å²) >= 11 is 0. The van der Waals surface area contributed by atoms with E-state index in [4.69, 9.17) is 4.74 Å². The normalized spacial score (nSPS) is 21.6. The van der Waals surface area contributed by atoms with E-state index in [-0.39, 0.29) is 17.5 Å². The summed E-state index contributed by atoms with van der Waals surface area (Å²) in [5.74, 6) is 0. The predicted octanol–water partition coefficient (Wildman–Crippen LogP) is 3.14. The number of hydrogen-bond donors (Lipinski definition) is 0. The van der Waals surface area contributed by atoms with Crippen LogP contribution in [-0.2, 0) is 16.7 Å². The molecule has 170 valence electrons. The van der Waals surface area contributed by atoms with Gasteiger partial charge in [0, 0.05) is 51.7 Å². The van der Waals surface area contributed by atoms with Gasteiger partial charge in [-0.15, -0.1) is 0 Å². The number of piperidine rings is 2. The van der Waals surface area contributed by atoms with E-state index in [2.05, 4.69) is 29.2 Å². The minimum absolute atomic E-state index is 0.0443. The van der Waals surface area contributed by atoms with Crippen LogP contribution in [0.1, 0.15) is 43.7 Å². The number of amides is 3. The van der Waals surface area contributed by atoms with Crippen LogP contribution in [0.25, 0.3) is 0 Å². The van der Waals surface area contributed by atoms with E-state index in [9.17, 15) is 9.59 Å². The van der Waals surface area contributed by atoms with E-state index in [1.807, 2.05) is 30.8 Å². The van der Waals surface area contributed by atoms with E-state index in [1.54, 1.807) is 4.90 Å². The Hall–Kier alpha value is -2.28. The maximum Gasteiger partial charge on any atom is 0.409 e. The maximum atomic E-state index is 12.8. The number of fused-ring (bicyclic) bond motifs is 2. The second-order valence-corrected chi connectivity index (χ2v) is 9.42. The Morgan fingerprint density at radius 1 is 1.06 bits per heavy atom. The van der Waals surface area contributed by atoms with Gasteiger partial charge >= 0.3 is 12.1 Å². The van der Waals surface area contributed by atoms with Crippen LogP contribution in [0.5, 0.6) is 0 Å². The molecule has 1 aromatic rings. The molecule has 7 heteroatoms. The lowest BCUT2D eigenvalue weighted by atomic mass is 9.68. The summed E-state index contributed by atoms with van der Waals surface area (Å²) in [4.78, 5) is 32.9. The Bertz CT molecular complexity index is 796. The molecule has 3 aliphatic heterocycles. The summed E-state index contributed by atoms with van der Waals surface area (Å²) < 4.78 is 5.15. The standard InChI is InChI=1S/C24H36N4O3/c1-4-31-23(30)27-13-9-20(10-14-27)26-15-11-24(12-16-26)18-28(22(29)25(2)3)17-19-7-5-6-8-21(19)24/h5-8,20H,4,9-18H2,1-3H3. The monoisotopic (exact) mass is 428 g/mol. The first kappa shape index (κ1) is 21.9. The largest absolute Gasteiger partial charge is 0.450 e. The van der Waals surface area contributed by atoms with Crippen LogP contribution >= 0.6 is 0 Å². The van der Waals surface area contributed by atoms with Gasteiger partial charge in [0.2, 0.25) is 0 Å². The highest BCUT2D eigenvalue weighted by Gasteiger charge is 2.44. The highest BCUT2D eigenvalue weighted by Crippen LogP contribution is 2.42. The van der Waals surface area contributed by atoms with Gasteiger partial charge in [0.25, 0.3) is 0 Å². The van der Waals surface area contributed by atoms with E-state index < -0.39 is 0 Å². The van der Waals surface area contributed by atoms with Gasteiger partial charge in [-0.05, 0) is 56.8 Å². The van der Waals surface area contributed by atoms with Crippen molar-refractivity contribution in [3.8, 4) is 0 Å². The summed E-state index contributed by atoms with van der Waals surface area (Å²) in [5, 5.41) is 0. The van der Waals surface area contributed by atoms with Crippen LogP contribution in [0.2, 0.25) is 0 Å². The van der Waals surface area contributed by atoms with Gasteiger partial charge in [0.1, 0.15) is 0 Å². The summed E-state index contributed by atoms with van der Waals surface area (Å²) in [6, 6.07) is 9.32. The third kappa shape index (κ3) is 4.38. The summed E-state index contributed by atoms with van der Waals surface area (Å²) in [6.45, 7) is 7.43. The lowest BCUT2D eigenvalue weighted by Crippen LogP contribution is -2.57. The molecule has 0 unspecified atom stereocenters. The number of urea groups is 1. The molecule has 7 nitrogen and oxygen atoms in total. The van der Waals surface area contributed by atoms with Crippen molar-refractivity contribution in [2.24, 2.45) is 0 Å². The van der Waals surface area contributed by atoms with Gasteiger partial charge in [-0.3, -0.25) is 0 Å². The maximum absolute atomic E-state index is 12.8. The zero-order valence-corrected chi connectivity index (χ0v) is 19.2. The molecule has 0 saturated carbocycles. The highest BCUT2D eigenvalue weighted by atomic mass is 16.6. The molecule has 0 aromatic heterocycles. The zero-order chi connectivity index (χ0) is 22.0. The van der Waals surface area contributed by atoms with Crippen LogP contribution in [0, 0.1) is 0 Å². The van der Waals surface area contributed by atoms with E-state index in [0.717, 1.165) is 58.4 Å². The highest BCUT2D eigenvalue weighted by molar-refractivity contribution is 5.74. The average Bonchev–Trinajstić information content (AvgIpc) is 2.79. The van der Waals surface area contributed by atoms with Gasteiger partial charge in [-0.1, -0.05) is 24.3 Å². The topological polar surface area (TPSA) is 56.3 Å². The summed E-state index contributed by atoms with van der Waals surface area (Å²) in [7, 11) is 3.67. The molecule has 2 fully saturated rings. The minimum atomic E-state index is -0.178. The minimum Gasteiger partial charge on any atom is -0.450 e. The van der Waals surface area contributed by atoms with Gasteiger partial charge in [-0.2, -0.15) is 0 Å². The van der Waals surface area contributed by atoms with Crippen LogP contribution in [0.3, 0.4) is 0 Å². The van der Waals surface area contributed by atoms with Crippen molar-refractivity contribution in [1.29, 1.82) is 0 Å². The van der Waals surface area contributed by atoms with Gasteiger partial charge < -0.3 is 24.3 Å². The fourth-order valence-electron chi connectivity index (χ4n) is 5.68. The molecule has 0 bridgehead atoms. The van der Waals surface area contributed by atoms with Crippen molar-refractivity contribution in [3.63, 3.8) is 0 Å². The average molecular weight is 429 g/mol. The molecule has 0 aliphatic carbocycles. The Morgan fingerprint density at radius 2 is 1.74 bits per heavy atom. The Labute approximate surface area is 185 Å². The summed E-state index contributed by atoms with van der Waals surface area (Å²) in [6.07, 6.45) is 3.97. The summed E-state index contributed by atoms with van der Waals surface area (Å²) in [5.41, 5.74) is 2.78. The third-order valence-electron chi connectivity index (χ3n) is 7.36. The second kappa shape index (κ2) is 9.07. The smallest absolute Gasteiger partial charge is 0.409 e. The number of carbonyl (C=O) groups is 2. The van der Waals surface area contributed by atoms with Gasteiger partial charge in [0.05, 0.1) is 6.61 Å². The van der Waals surface area contributed by atoms with Crippen molar-refractivity contribution in [3.05, 3.63) is 35.4 Å². The molecule has 2 saturated heterocycles. The van der Waals surface area contributed by atoms with Crippen molar-refractivity contribution in [2.45, 2.75) is 50.6 Å². The first-order chi connectivity index (χ1) is 14.9. The van der Waals surface area contributed by atoms with Gasteiger partial charge in [0.15, 0.2) is 0 Å². The van der Waals surface area contributed by atoms with Crippen molar-refractivity contribution in [1.82, 2.24) is 19.6 Å². The molecule has 0 atom stereocenters. The van der Waals surface area contributed by atoms with Crippen LogP contribution in [0.15, 0.2) is 24.3 Å². The molecule has 1 spiro atoms. The molecular weight excluding hydrogens is 392 g/mol. The predicted molar refractivity (Wildman–Crippen MR) is 120 cm³/mol. The third-order valence-corrected chi connectivity index (χ3v) is 7.36. The number of ether oxygens (including phenoxy) is 1. The lowest BCUT2D eigenvalue weighted by molar-refractivity contribution is 0.0456. The molecular formula is C24H36N4O3. The Balaban J connectivity index is 1.42. The number of likely N-dealkylation sites (tertiary alicyclic amines) is 2. The second-order valence-electron chi connectivity index (χ2n) is 9.42. The van der Waals surface area contributed by atoms with Crippen molar-refractivity contribution in [2.75, 3.05) is 53.4 Å². The number of nitrogens with zero attached hydrogens (tertiary/aromatic N) is 4. The van der Waals surface area contributed by atoms with Gasteiger partial charge in [-0.25, -0.2) is 9.59 Å². The first-order valence-corrected chi connectivity index (χ1v) is 11.6. The molecule has 0 radical (unpaired) electrons. The molecule has 4 rings (SSSR count). The zero-order valence-electron chi connectivity index (χ0n) is 19.2. The SMILES string of the molecule is CCOC(=O)N1CCC(N2CCC3(CC2)CN(C(=O)N(C)C)Cc2ccccc23)CC1. The van der Waals surface area contributed by atoms with Crippen LogP contribution < -0.4 is 0 Å². The fourth-order valence-corrected chi connectivity index (χ4v) is 5.68. The first-order valence-electron chi connectivity index (χ1n) is 11.6. The van der Waals surface area contributed by atoms with Crippen LogP contribution in [0.4, 0.5) is 9.59 Å². The van der Waals surface area contributed by atoms with Crippen molar-refractivity contribution < 1.29 is 14.3 Å². The number of hydrogen-bond acceptors (Lipinski definition) is 4. The Kier molecular flexibility index (Phi) is 6.42. The molecule has 3 heterocycles. The number of benzene rings is 1. The molecule has 31 heavy (non-hydrogen) atoms. The van der Waals surface area contributed by atoms with E-state index >= 15 is 0 Å². The number of rotatable bonds is 2. The molecule has 3 aliphatic rings.